The van der Waals surface area contributed by atoms with Gasteiger partial charge in [-0.05, 0) is 64.2 Å². The van der Waals surface area contributed by atoms with Gasteiger partial charge in [0.05, 0.1) is 24.5 Å². The number of nitrogens with zero attached hydrogens (tertiary/aromatic N) is 2. The number of allylic oxidation sites excluding steroid dienone is 1. The van der Waals surface area contributed by atoms with E-state index < -0.39 is 41.1 Å². The Bertz CT molecular complexity index is 994. The number of hydrogen-bond acceptors (Lipinski definition) is 6. The van der Waals surface area contributed by atoms with Crippen molar-refractivity contribution in [2.24, 2.45) is 17.3 Å². The Hall–Kier alpha value is -1.71. The SMILES string of the molecule is C=CCCCCOC(=O)[C@H]1[C@@H]2OC3(CC2Br)C(C(=O)N(CC=C)C(C)(C)CC(C)(C)C)N(CCCCCCO)C(=O)[C@H]13. The van der Waals surface area contributed by atoms with E-state index in [4.69, 9.17) is 9.47 Å². The first-order chi connectivity index (χ1) is 19.8. The first-order valence-corrected chi connectivity index (χ1v) is 16.6. The highest BCUT2D eigenvalue weighted by Crippen LogP contribution is 2.60. The van der Waals surface area contributed by atoms with Crippen LogP contribution in [-0.4, -0.2) is 87.1 Å². The van der Waals surface area contributed by atoms with E-state index in [-0.39, 0.29) is 35.3 Å². The predicted octanol–water partition coefficient (Wildman–Crippen LogP) is 5.42. The smallest absolute Gasteiger partial charge is 0.312 e. The van der Waals surface area contributed by atoms with Crippen LogP contribution in [0.15, 0.2) is 25.3 Å². The van der Waals surface area contributed by atoms with Crippen LogP contribution < -0.4 is 0 Å². The molecule has 8 nitrogen and oxygen atoms in total. The number of hydrogen-bond donors (Lipinski definition) is 1. The van der Waals surface area contributed by atoms with Crippen LogP contribution >= 0.6 is 15.9 Å². The summed E-state index contributed by atoms with van der Waals surface area (Å²) in [7, 11) is 0. The lowest BCUT2D eigenvalue weighted by atomic mass is 9.70. The van der Waals surface area contributed by atoms with Gasteiger partial charge in [0.1, 0.15) is 11.6 Å². The molecular weight excluding hydrogens is 600 g/mol. The Balaban J connectivity index is 1.97. The Morgan fingerprint density at radius 1 is 1.12 bits per heavy atom. The van der Waals surface area contributed by atoms with Gasteiger partial charge in [0.2, 0.25) is 11.8 Å². The van der Waals surface area contributed by atoms with E-state index in [1.807, 2.05) is 11.0 Å². The highest BCUT2D eigenvalue weighted by molar-refractivity contribution is 9.09. The van der Waals surface area contributed by atoms with Crippen LogP contribution in [-0.2, 0) is 23.9 Å². The van der Waals surface area contributed by atoms with E-state index >= 15 is 0 Å². The topological polar surface area (TPSA) is 96.4 Å². The molecule has 3 aliphatic rings. The maximum atomic E-state index is 14.8. The molecule has 3 rings (SSSR count). The minimum Gasteiger partial charge on any atom is -0.465 e. The van der Waals surface area contributed by atoms with Gasteiger partial charge in [0, 0.05) is 30.1 Å². The number of aliphatic hydroxyl groups is 1. The van der Waals surface area contributed by atoms with Crippen molar-refractivity contribution in [1.82, 2.24) is 9.80 Å². The molecule has 2 amide bonds. The summed E-state index contributed by atoms with van der Waals surface area (Å²) in [5.74, 6) is -2.30. The minimum absolute atomic E-state index is 0.0360. The molecule has 0 aromatic carbocycles. The molecule has 1 spiro atoms. The number of carbonyl (C=O) groups excluding carboxylic acids is 3. The summed E-state index contributed by atoms with van der Waals surface area (Å²) in [6.07, 6.45) is 9.79. The summed E-state index contributed by atoms with van der Waals surface area (Å²) in [5.41, 5.74) is -1.66. The lowest BCUT2D eigenvalue weighted by molar-refractivity contribution is -0.156. The monoisotopic (exact) mass is 652 g/mol. The summed E-state index contributed by atoms with van der Waals surface area (Å²) in [5, 5.41) is 9.20. The maximum absolute atomic E-state index is 14.8. The Morgan fingerprint density at radius 2 is 1.81 bits per heavy atom. The van der Waals surface area contributed by atoms with Gasteiger partial charge in [-0.2, -0.15) is 0 Å². The normalized spacial score (nSPS) is 28.6. The summed E-state index contributed by atoms with van der Waals surface area (Å²) in [4.78, 5) is 45.9. The van der Waals surface area contributed by atoms with E-state index in [0.29, 0.717) is 32.4 Å². The molecule has 0 saturated carbocycles. The van der Waals surface area contributed by atoms with Gasteiger partial charge in [0.15, 0.2) is 0 Å². The number of carbonyl (C=O) groups is 3. The van der Waals surface area contributed by atoms with Gasteiger partial charge in [-0.3, -0.25) is 14.4 Å². The Kier molecular flexibility index (Phi) is 11.9. The summed E-state index contributed by atoms with van der Waals surface area (Å²) in [6.45, 7) is 19.4. The summed E-state index contributed by atoms with van der Waals surface area (Å²) < 4.78 is 12.4. The van der Waals surface area contributed by atoms with Crippen LogP contribution in [0.4, 0.5) is 0 Å². The number of alkyl halides is 1. The number of amides is 2. The molecule has 42 heavy (non-hydrogen) atoms. The second-order valence-electron chi connectivity index (χ2n) is 14.1. The van der Waals surface area contributed by atoms with Gasteiger partial charge in [0.25, 0.3) is 0 Å². The van der Waals surface area contributed by atoms with Crippen molar-refractivity contribution in [3.63, 3.8) is 0 Å². The standard InChI is InChI=1S/C33H53BrN2O6/c1-8-10-11-16-20-41-30(40)24-25-28(38)35(18-14-12-13-15-19-37)27(33(25)21-23(34)26(24)42-33)29(39)36(17-9-2)32(6,7)22-31(3,4)5/h8-9,23-27,37H,1-2,10-22H2,3-7H3/t23?,24-,25+,26-,27?,33?/m1/s1. The second-order valence-corrected chi connectivity index (χ2v) is 15.2. The van der Waals surface area contributed by atoms with Crippen molar-refractivity contribution < 1.29 is 29.0 Å². The predicted molar refractivity (Wildman–Crippen MR) is 168 cm³/mol. The van der Waals surface area contributed by atoms with E-state index in [2.05, 4.69) is 63.7 Å². The van der Waals surface area contributed by atoms with E-state index in [1.54, 1.807) is 11.0 Å². The number of ether oxygens (including phenoxy) is 2. The molecule has 3 aliphatic heterocycles. The molecule has 2 bridgehead atoms. The van der Waals surface area contributed by atoms with E-state index in [1.165, 1.54) is 0 Å². The zero-order valence-electron chi connectivity index (χ0n) is 26.4. The van der Waals surface area contributed by atoms with Crippen molar-refractivity contribution >= 4 is 33.7 Å². The molecule has 3 saturated heterocycles. The van der Waals surface area contributed by atoms with Crippen LogP contribution in [0.25, 0.3) is 0 Å². The molecule has 1 N–H and O–H groups in total. The first-order valence-electron chi connectivity index (χ1n) is 15.7. The van der Waals surface area contributed by atoms with Crippen molar-refractivity contribution in [2.75, 3.05) is 26.3 Å². The average Bonchev–Trinajstić information content (AvgIpc) is 3.48. The fraction of sp³-hybridized carbons (Fsp3) is 0.788. The molecule has 0 aromatic rings. The fourth-order valence-electron chi connectivity index (χ4n) is 7.63. The molecule has 9 heteroatoms. The van der Waals surface area contributed by atoms with E-state index in [9.17, 15) is 19.5 Å². The van der Waals surface area contributed by atoms with Crippen LogP contribution in [0.3, 0.4) is 0 Å². The van der Waals surface area contributed by atoms with Crippen molar-refractivity contribution in [3.8, 4) is 0 Å². The number of esters is 1. The molecule has 0 aromatic heterocycles. The highest BCUT2D eigenvalue weighted by Gasteiger charge is 2.77. The summed E-state index contributed by atoms with van der Waals surface area (Å²) in [6, 6.07) is -0.845. The zero-order chi connectivity index (χ0) is 31.3. The van der Waals surface area contributed by atoms with Gasteiger partial charge in [-0.15, -0.1) is 13.2 Å². The molecule has 0 radical (unpaired) electrons. The molecule has 3 unspecified atom stereocenters. The second kappa shape index (κ2) is 14.4. The third kappa shape index (κ3) is 7.32. The van der Waals surface area contributed by atoms with Crippen molar-refractivity contribution in [3.05, 3.63) is 25.3 Å². The number of halogens is 1. The first kappa shape index (κ1) is 34.8. The molecule has 3 heterocycles. The van der Waals surface area contributed by atoms with Gasteiger partial charge in [-0.25, -0.2) is 0 Å². The van der Waals surface area contributed by atoms with Crippen LogP contribution in [0.1, 0.15) is 92.4 Å². The third-order valence-electron chi connectivity index (χ3n) is 8.92. The van der Waals surface area contributed by atoms with Crippen molar-refractivity contribution in [1.29, 1.82) is 0 Å². The lowest BCUT2D eigenvalue weighted by Crippen LogP contribution is -2.61. The van der Waals surface area contributed by atoms with Crippen molar-refractivity contribution in [2.45, 2.75) is 121 Å². The quantitative estimate of drug-likeness (QED) is 0.0976. The number of aliphatic hydroxyl groups excluding tert-OH is 1. The molecular formula is C33H53BrN2O6. The minimum atomic E-state index is -1.11. The number of rotatable bonds is 17. The molecule has 238 valence electrons. The Morgan fingerprint density at radius 3 is 2.43 bits per heavy atom. The van der Waals surface area contributed by atoms with Crippen LogP contribution in [0.5, 0.6) is 0 Å². The van der Waals surface area contributed by atoms with Gasteiger partial charge >= 0.3 is 5.97 Å². The fourth-order valence-corrected chi connectivity index (χ4v) is 8.57. The lowest BCUT2D eigenvalue weighted by Gasteiger charge is -2.45. The molecule has 0 aliphatic carbocycles. The maximum Gasteiger partial charge on any atom is 0.312 e. The van der Waals surface area contributed by atoms with Gasteiger partial charge in [-0.1, -0.05) is 61.7 Å². The third-order valence-corrected chi connectivity index (χ3v) is 9.77. The van der Waals surface area contributed by atoms with Crippen LogP contribution in [0.2, 0.25) is 0 Å². The number of fused-ring (bicyclic) bond motifs is 1. The number of unbranched alkanes of at least 4 members (excludes halogenated alkanes) is 5. The summed E-state index contributed by atoms with van der Waals surface area (Å²) >= 11 is 3.74. The van der Waals surface area contributed by atoms with Gasteiger partial charge < -0.3 is 24.4 Å². The largest absolute Gasteiger partial charge is 0.465 e. The molecule has 3 fully saturated rings. The van der Waals surface area contributed by atoms with Crippen LogP contribution in [0, 0.1) is 17.3 Å². The Labute approximate surface area is 261 Å². The highest BCUT2D eigenvalue weighted by atomic mass is 79.9. The van der Waals surface area contributed by atoms with E-state index in [0.717, 1.165) is 38.5 Å². The molecule has 6 atom stereocenters. The number of likely N-dealkylation sites (tertiary alicyclic amines) is 1. The zero-order valence-corrected chi connectivity index (χ0v) is 28.0. The average molecular weight is 654 g/mol.